The Labute approximate surface area is 249 Å². The zero-order valence-corrected chi connectivity index (χ0v) is 26.0. The van der Waals surface area contributed by atoms with Crippen LogP contribution in [0, 0.1) is 25.6 Å². The number of benzene rings is 3. The summed E-state index contributed by atoms with van der Waals surface area (Å²) in [6.45, 7) is 8.20. The maximum Gasteiger partial charge on any atom is 0.243 e. The standard InChI is InChI=1S/C33H42FN3O4S/c1-24(2)22-35-33(39)31(21-27-12-7-6-8-13-27)36(23-28-14-9-10-15-30(28)34)32(38)16-11-17-37(42(5,40)41)29-19-25(3)18-26(4)20-29/h6-10,12-15,18-20,24,31H,11,16-17,21-23H2,1-5H3,(H,35,39)/t31-/m0/s1. The Morgan fingerprint density at radius 2 is 1.55 bits per heavy atom. The Bertz CT molecular complexity index is 1440. The first-order chi connectivity index (χ1) is 19.8. The van der Waals surface area contributed by atoms with Crippen LogP contribution in [0.1, 0.15) is 48.9 Å². The molecule has 0 spiro atoms. The zero-order valence-electron chi connectivity index (χ0n) is 25.1. The van der Waals surface area contributed by atoms with Crippen molar-refractivity contribution in [3.05, 3.63) is 101 Å². The Morgan fingerprint density at radius 3 is 2.14 bits per heavy atom. The van der Waals surface area contributed by atoms with Gasteiger partial charge in [0.25, 0.3) is 0 Å². The molecule has 0 aromatic heterocycles. The van der Waals surface area contributed by atoms with E-state index < -0.39 is 21.9 Å². The topological polar surface area (TPSA) is 86.8 Å². The second-order valence-electron chi connectivity index (χ2n) is 11.2. The van der Waals surface area contributed by atoms with E-state index in [2.05, 4.69) is 5.32 Å². The molecule has 226 valence electrons. The first kappa shape index (κ1) is 32.8. The first-order valence-electron chi connectivity index (χ1n) is 14.3. The molecule has 1 atom stereocenters. The number of nitrogens with one attached hydrogen (secondary N) is 1. The van der Waals surface area contributed by atoms with Crippen LogP contribution in [0.4, 0.5) is 10.1 Å². The van der Waals surface area contributed by atoms with E-state index in [-0.39, 0.29) is 50.1 Å². The number of halogens is 1. The van der Waals surface area contributed by atoms with Crippen LogP contribution in [0.25, 0.3) is 0 Å². The molecule has 2 amide bonds. The van der Waals surface area contributed by atoms with Crippen molar-refractivity contribution in [2.45, 2.75) is 59.5 Å². The van der Waals surface area contributed by atoms with Crippen molar-refractivity contribution in [3.8, 4) is 0 Å². The molecule has 0 heterocycles. The van der Waals surface area contributed by atoms with Crippen molar-refractivity contribution in [3.63, 3.8) is 0 Å². The number of rotatable bonds is 14. The number of carbonyl (C=O) groups is 2. The van der Waals surface area contributed by atoms with Gasteiger partial charge in [-0.1, -0.05) is 68.4 Å². The van der Waals surface area contributed by atoms with E-state index in [0.29, 0.717) is 17.8 Å². The highest BCUT2D eigenvalue weighted by Gasteiger charge is 2.31. The maximum atomic E-state index is 14.8. The lowest BCUT2D eigenvalue weighted by Crippen LogP contribution is -2.51. The number of hydrogen-bond donors (Lipinski definition) is 1. The lowest BCUT2D eigenvalue weighted by molar-refractivity contribution is -0.141. The predicted molar refractivity (Wildman–Crippen MR) is 166 cm³/mol. The highest BCUT2D eigenvalue weighted by atomic mass is 32.2. The van der Waals surface area contributed by atoms with Crippen LogP contribution >= 0.6 is 0 Å². The molecule has 0 unspecified atom stereocenters. The van der Waals surface area contributed by atoms with Crippen LogP contribution in [-0.4, -0.2) is 50.5 Å². The summed E-state index contributed by atoms with van der Waals surface area (Å²) in [4.78, 5) is 28.8. The third-order valence-corrected chi connectivity index (χ3v) is 8.09. The highest BCUT2D eigenvalue weighted by Crippen LogP contribution is 2.23. The van der Waals surface area contributed by atoms with Crippen LogP contribution < -0.4 is 9.62 Å². The molecule has 0 aliphatic heterocycles. The van der Waals surface area contributed by atoms with E-state index in [4.69, 9.17) is 0 Å². The third kappa shape index (κ3) is 9.69. The minimum atomic E-state index is -3.62. The van der Waals surface area contributed by atoms with Crippen molar-refractivity contribution < 1.29 is 22.4 Å². The second kappa shape index (κ2) is 15.0. The second-order valence-corrected chi connectivity index (χ2v) is 13.1. The van der Waals surface area contributed by atoms with Gasteiger partial charge in [-0.25, -0.2) is 12.8 Å². The number of hydrogen-bond acceptors (Lipinski definition) is 4. The van der Waals surface area contributed by atoms with Crippen LogP contribution in [0.3, 0.4) is 0 Å². The molecule has 0 bridgehead atoms. The van der Waals surface area contributed by atoms with Crippen molar-refractivity contribution >= 4 is 27.5 Å². The summed E-state index contributed by atoms with van der Waals surface area (Å²) >= 11 is 0. The van der Waals surface area contributed by atoms with E-state index in [0.717, 1.165) is 22.9 Å². The van der Waals surface area contributed by atoms with Crippen LogP contribution in [0.15, 0.2) is 72.8 Å². The number of nitrogens with zero attached hydrogens (tertiary/aromatic N) is 2. The molecule has 0 saturated heterocycles. The fourth-order valence-corrected chi connectivity index (χ4v) is 5.83. The number of amides is 2. The minimum absolute atomic E-state index is 0.0198. The molecular formula is C33H42FN3O4S. The molecule has 3 rings (SSSR count). The van der Waals surface area contributed by atoms with Crippen molar-refractivity contribution in [2.75, 3.05) is 23.7 Å². The van der Waals surface area contributed by atoms with Crippen LogP contribution in [0.5, 0.6) is 0 Å². The van der Waals surface area contributed by atoms with Crippen molar-refractivity contribution in [1.29, 1.82) is 0 Å². The van der Waals surface area contributed by atoms with Gasteiger partial charge < -0.3 is 10.2 Å². The number of anilines is 1. The smallest absolute Gasteiger partial charge is 0.243 e. The molecule has 42 heavy (non-hydrogen) atoms. The number of sulfonamides is 1. The van der Waals surface area contributed by atoms with Gasteiger partial charge in [-0.15, -0.1) is 0 Å². The zero-order chi connectivity index (χ0) is 30.9. The summed E-state index contributed by atoms with van der Waals surface area (Å²) in [7, 11) is -3.62. The Hall–Kier alpha value is -3.72. The minimum Gasteiger partial charge on any atom is -0.354 e. The van der Waals surface area contributed by atoms with E-state index >= 15 is 0 Å². The normalized spacial score (nSPS) is 12.2. The summed E-state index contributed by atoms with van der Waals surface area (Å²) in [6, 6.07) is 20.3. The molecule has 9 heteroatoms. The average Bonchev–Trinajstić information content (AvgIpc) is 2.91. The summed E-state index contributed by atoms with van der Waals surface area (Å²) in [5.41, 5.74) is 3.57. The van der Waals surface area contributed by atoms with Gasteiger partial charge in [-0.05, 0) is 61.1 Å². The Morgan fingerprint density at radius 1 is 0.929 bits per heavy atom. The monoisotopic (exact) mass is 595 g/mol. The van der Waals surface area contributed by atoms with Gasteiger partial charge in [0, 0.05) is 38.0 Å². The van der Waals surface area contributed by atoms with Crippen molar-refractivity contribution in [2.24, 2.45) is 5.92 Å². The molecule has 3 aromatic carbocycles. The Balaban J connectivity index is 1.90. The summed E-state index contributed by atoms with van der Waals surface area (Å²) in [6.07, 6.45) is 1.60. The quantitative estimate of drug-likeness (QED) is 0.270. The SMILES string of the molecule is Cc1cc(C)cc(N(CCCC(=O)N(Cc2ccccc2F)[C@@H](Cc2ccccc2)C(=O)NCC(C)C)S(C)(=O)=O)c1. The molecule has 1 N–H and O–H groups in total. The lowest BCUT2D eigenvalue weighted by Gasteiger charge is -2.32. The molecule has 0 aliphatic rings. The third-order valence-electron chi connectivity index (χ3n) is 6.90. The van der Waals surface area contributed by atoms with Gasteiger partial charge in [0.15, 0.2) is 0 Å². The number of aryl methyl sites for hydroxylation is 2. The van der Waals surface area contributed by atoms with Crippen LogP contribution in [0.2, 0.25) is 0 Å². The average molecular weight is 596 g/mol. The number of carbonyl (C=O) groups excluding carboxylic acids is 2. The van der Waals surface area contributed by atoms with Gasteiger partial charge in [0.05, 0.1) is 11.9 Å². The lowest BCUT2D eigenvalue weighted by atomic mass is 10.0. The first-order valence-corrected chi connectivity index (χ1v) is 16.1. The summed E-state index contributed by atoms with van der Waals surface area (Å²) in [5, 5.41) is 2.95. The fraction of sp³-hybridized carbons (Fsp3) is 0.394. The molecule has 0 saturated carbocycles. The molecule has 7 nitrogen and oxygen atoms in total. The molecule has 0 fully saturated rings. The van der Waals surface area contributed by atoms with Gasteiger partial charge in [-0.3, -0.25) is 13.9 Å². The molecular weight excluding hydrogens is 553 g/mol. The Kier molecular flexibility index (Phi) is 11.7. The van der Waals surface area contributed by atoms with E-state index in [1.807, 2.05) is 64.1 Å². The van der Waals surface area contributed by atoms with Gasteiger partial charge in [0.2, 0.25) is 21.8 Å². The summed E-state index contributed by atoms with van der Waals surface area (Å²) < 4.78 is 41.5. The molecule has 0 aliphatic carbocycles. The van der Waals surface area contributed by atoms with E-state index in [1.54, 1.807) is 30.3 Å². The van der Waals surface area contributed by atoms with Crippen molar-refractivity contribution in [1.82, 2.24) is 10.2 Å². The van der Waals surface area contributed by atoms with E-state index in [1.165, 1.54) is 15.3 Å². The summed E-state index contributed by atoms with van der Waals surface area (Å²) in [5.74, 6) is -0.929. The fourth-order valence-electron chi connectivity index (χ4n) is 4.89. The van der Waals surface area contributed by atoms with Gasteiger partial charge >= 0.3 is 0 Å². The highest BCUT2D eigenvalue weighted by molar-refractivity contribution is 7.92. The van der Waals surface area contributed by atoms with Gasteiger partial charge in [0.1, 0.15) is 11.9 Å². The van der Waals surface area contributed by atoms with E-state index in [9.17, 15) is 22.4 Å². The maximum absolute atomic E-state index is 14.8. The molecule has 3 aromatic rings. The van der Waals surface area contributed by atoms with Gasteiger partial charge in [-0.2, -0.15) is 0 Å². The molecule has 0 radical (unpaired) electrons. The predicted octanol–water partition coefficient (Wildman–Crippen LogP) is 5.40. The largest absolute Gasteiger partial charge is 0.354 e. The van der Waals surface area contributed by atoms with Crippen LogP contribution in [-0.2, 0) is 32.6 Å².